The number of hydrogen-bond donors (Lipinski definition) is 1. The smallest absolute Gasteiger partial charge is 0.249 e. The van der Waals surface area contributed by atoms with Crippen molar-refractivity contribution in [2.24, 2.45) is 0 Å². The Hall–Kier alpha value is -2.29. The monoisotopic (exact) mass is 282 g/mol. The van der Waals surface area contributed by atoms with Crippen LogP contribution >= 0.6 is 0 Å². The molecule has 110 valence electrons. The van der Waals surface area contributed by atoms with Gasteiger partial charge in [-0.15, -0.1) is 0 Å². The van der Waals surface area contributed by atoms with Crippen molar-refractivity contribution in [3.63, 3.8) is 0 Å². The molecule has 2 aromatic rings. The molecule has 0 bridgehead atoms. The fourth-order valence-corrected chi connectivity index (χ4v) is 2.24. The van der Waals surface area contributed by atoms with Gasteiger partial charge in [0.25, 0.3) is 0 Å². The number of anilines is 1. The van der Waals surface area contributed by atoms with Crippen molar-refractivity contribution in [2.75, 3.05) is 19.4 Å². The Labute approximate surface area is 126 Å². The SMILES string of the molecule is Cc1ccc(C)c(N[C@@H](C(=O)N(C)C)c2ccccc2)c1. The minimum Gasteiger partial charge on any atom is -0.370 e. The van der Waals surface area contributed by atoms with Crippen molar-refractivity contribution < 1.29 is 4.79 Å². The minimum atomic E-state index is -0.373. The zero-order valence-electron chi connectivity index (χ0n) is 13.1. The highest BCUT2D eigenvalue weighted by molar-refractivity contribution is 5.86. The lowest BCUT2D eigenvalue weighted by atomic mass is 10.0. The van der Waals surface area contributed by atoms with Crippen LogP contribution in [0.2, 0.25) is 0 Å². The lowest BCUT2D eigenvalue weighted by molar-refractivity contribution is -0.129. The molecular weight excluding hydrogens is 260 g/mol. The summed E-state index contributed by atoms with van der Waals surface area (Å²) in [6, 6.07) is 15.7. The van der Waals surface area contributed by atoms with Crippen LogP contribution in [0.3, 0.4) is 0 Å². The van der Waals surface area contributed by atoms with E-state index in [0.717, 1.165) is 16.8 Å². The van der Waals surface area contributed by atoms with Crippen molar-refractivity contribution in [1.29, 1.82) is 0 Å². The summed E-state index contributed by atoms with van der Waals surface area (Å²) in [4.78, 5) is 14.1. The molecule has 0 heterocycles. The second-order valence-corrected chi connectivity index (χ2v) is 5.54. The van der Waals surface area contributed by atoms with Crippen LogP contribution in [0.25, 0.3) is 0 Å². The number of carbonyl (C=O) groups is 1. The van der Waals surface area contributed by atoms with Crippen molar-refractivity contribution >= 4 is 11.6 Å². The van der Waals surface area contributed by atoms with E-state index in [1.165, 1.54) is 5.56 Å². The first-order valence-electron chi connectivity index (χ1n) is 7.09. The largest absolute Gasteiger partial charge is 0.370 e. The number of rotatable bonds is 4. The van der Waals surface area contributed by atoms with Gasteiger partial charge in [-0.05, 0) is 36.6 Å². The molecule has 21 heavy (non-hydrogen) atoms. The normalized spacial score (nSPS) is 11.8. The molecule has 0 aliphatic heterocycles. The standard InChI is InChI=1S/C18H22N2O/c1-13-10-11-14(2)16(12-13)19-17(18(21)20(3)4)15-8-6-5-7-9-15/h5-12,17,19H,1-4H3/t17-/m1/s1. The summed E-state index contributed by atoms with van der Waals surface area (Å²) in [7, 11) is 3.56. The summed E-state index contributed by atoms with van der Waals surface area (Å²) in [5.41, 5.74) is 4.27. The number of likely N-dealkylation sites (N-methyl/N-ethyl adjacent to an activating group) is 1. The summed E-state index contributed by atoms with van der Waals surface area (Å²) < 4.78 is 0. The van der Waals surface area contributed by atoms with E-state index in [4.69, 9.17) is 0 Å². The zero-order chi connectivity index (χ0) is 15.4. The van der Waals surface area contributed by atoms with Gasteiger partial charge < -0.3 is 10.2 Å². The van der Waals surface area contributed by atoms with Crippen LogP contribution in [0.4, 0.5) is 5.69 Å². The van der Waals surface area contributed by atoms with E-state index in [-0.39, 0.29) is 11.9 Å². The van der Waals surface area contributed by atoms with E-state index in [1.807, 2.05) is 37.3 Å². The second-order valence-electron chi connectivity index (χ2n) is 5.54. The molecule has 2 rings (SSSR count). The predicted octanol–water partition coefficient (Wildman–Crippen LogP) is 3.54. The number of hydrogen-bond acceptors (Lipinski definition) is 2. The number of amides is 1. The van der Waals surface area contributed by atoms with Crippen molar-refractivity contribution in [1.82, 2.24) is 4.90 Å². The molecule has 1 amide bonds. The van der Waals surface area contributed by atoms with Gasteiger partial charge in [-0.1, -0.05) is 42.5 Å². The van der Waals surface area contributed by atoms with Gasteiger partial charge in [-0.3, -0.25) is 4.79 Å². The molecule has 0 radical (unpaired) electrons. The molecule has 1 N–H and O–H groups in total. The van der Waals surface area contributed by atoms with E-state index in [1.54, 1.807) is 19.0 Å². The summed E-state index contributed by atoms with van der Waals surface area (Å²) in [6.45, 7) is 4.10. The first kappa shape index (κ1) is 15.1. The summed E-state index contributed by atoms with van der Waals surface area (Å²) in [5.74, 6) is 0.0436. The highest BCUT2D eigenvalue weighted by Crippen LogP contribution is 2.24. The lowest BCUT2D eigenvalue weighted by Gasteiger charge is -2.24. The van der Waals surface area contributed by atoms with E-state index in [2.05, 4.69) is 30.4 Å². The molecule has 0 aliphatic rings. The van der Waals surface area contributed by atoms with Gasteiger partial charge in [0.05, 0.1) is 0 Å². The average Bonchev–Trinajstić information content (AvgIpc) is 2.48. The van der Waals surface area contributed by atoms with Crippen molar-refractivity contribution in [2.45, 2.75) is 19.9 Å². The fraction of sp³-hybridized carbons (Fsp3) is 0.278. The maximum absolute atomic E-state index is 12.5. The Balaban J connectivity index is 2.37. The van der Waals surface area contributed by atoms with Gasteiger partial charge in [-0.2, -0.15) is 0 Å². The van der Waals surface area contributed by atoms with Gasteiger partial charge in [0.1, 0.15) is 6.04 Å². The first-order valence-corrected chi connectivity index (χ1v) is 7.09. The molecule has 0 aliphatic carbocycles. The van der Waals surface area contributed by atoms with Gasteiger partial charge in [0.2, 0.25) is 5.91 Å². The first-order chi connectivity index (χ1) is 9.99. The molecule has 0 unspecified atom stereocenters. The summed E-state index contributed by atoms with van der Waals surface area (Å²) in [6.07, 6.45) is 0. The molecule has 0 aromatic heterocycles. The second kappa shape index (κ2) is 6.44. The fourth-order valence-electron chi connectivity index (χ4n) is 2.24. The predicted molar refractivity (Wildman–Crippen MR) is 87.4 cm³/mol. The molecule has 0 saturated heterocycles. The molecule has 0 spiro atoms. The van der Waals surface area contributed by atoms with Crippen molar-refractivity contribution in [3.05, 3.63) is 65.2 Å². The molecule has 0 saturated carbocycles. The van der Waals surface area contributed by atoms with Gasteiger partial charge in [0.15, 0.2) is 0 Å². The third-order valence-corrected chi connectivity index (χ3v) is 3.51. The van der Waals surface area contributed by atoms with Crippen LogP contribution < -0.4 is 5.32 Å². The Morgan fingerprint density at radius 2 is 1.71 bits per heavy atom. The number of benzene rings is 2. The van der Waals surface area contributed by atoms with E-state index in [0.29, 0.717) is 0 Å². The van der Waals surface area contributed by atoms with Crippen molar-refractivity contribution in [3.8, 4) is 0 Å². The van der Waals surface area contributed by atoms with Crippen LogP contribution in [0.5, 0.6) is 0 Å². The molecule has 3 heteroatoms. The van der Waals surface area contributed by atoms with Crippen LogP contribution in [0, 0.1) is 13.8 Å². The van der Waals surface area contributed by atoms with Crippen LogP contribution in [0.1, 0.15) is 22.7 Å². The van der Waals surface area contributed by atoms with Gasteiger partial charge >= 0.3 is 0 Å². The molecule has 0 fully saturated rings. The number of nitrogens with zero attached hydrogens (tertiary/aromatic N) is 1. The highest BCUT2D eigenvalue weighted by Gasteiger charge is 2.22. The Morgan fingerprint density at radius 1 is 1.05 bits per heavy atom. The molecule has 3 nitrogen and oxygen atoms in total. The van der Waals surface area contributed by atoms with E-state index in [9.17, 15) is 4.79 Å². The van der Waals surface area contributed by atoms with E-state index >= 15 is 0 Å². The molecule has 2 aromatic carbocycles. The maximum Gasteiger partial charge on any atom is 0.249 e. The summed E-state index contributed by atoms with van der Waals surface area (Å²) >= 11 is 0. The van der Waals surface area contributed by atoms with E-state index < -0.39 is 0 Å². The Morgan fingerprint density at radius 3 is 2.33 bits per heavy atom. The maximum atomic E-state index is 12.5. The Kier molecular flexibility index (Phi) is 4.63. The minimum absolute atomic E-state index is 0.0436. The third kappa shape index (κ3) is 3.63. The molecule has 1 atom stereocenters. The van der Waals surface area contributed by atoms with Crippen LogP contribution in [0.15, 0.2) is 48.5 Å². The highest BCUT2D eigenvalue weighted by atomic mass is 16.2. The Bertz CT molecular complexity index is 620. The van der Waals surface area contributed by atoms with Crippen LogP contribution in [-0.2, 0) is 4.79 Å². The number of aryl methyl sites for hydroxylation is 2. The topological polar surface area (TPSA) is 32.3 Å². The lowest BCUT2D eigenvalue weighted by Crippen LogP contribution is -2.32. The van der Waals surface area contributed by atoms with Gasteiger partial charge in [0, 0.05) is 19.8 Å². The zero-order valence-corrected chi connectivity index (χ0v) is 13.1. The number of nitrogens with one attached hydrogen (secondary N) is 1. The summed E-state index contributed by atoms with van der Waals surface area (Å²) in [5, 5.41) is 3.39. The third-order valence-electron chi connectivity index (χ3n) is 3.51. The average molecular weight is 282 g/mol. The molecular formula is C18H22N2O. The number of carbonyl (C=O) groups excluding carboxylic acids is 1. The quantitative estimate of drug-likeness (QED) is 0.930. The van der Waals surface area contributed by atoms with Gasteiger partial charge in [-0.25, -0.2) is 0 Å². The van der Waals surface area contributed by atoms with Crippen LogP contribution in [-0.4, -0.2) is 24.9 Å².